The summed E-state index contributed by atoms with van der Waals surface area (Å²) in [4.78, 5) is 27.4. The second-order valence-corrected chi connectivity index (χ2v) is 3.10. The van der Waals surface area contributed by atoms with E-state index >= 15 is 0 Å². The topological polar surface area (TPSA) is 53.2 Å². The summed E-state index contributed by atoms with van der Waals surface area (Å²) >= 11 is 0. The van der Waals surface area contributed by atoms with Gasteiger partial charge in [0.1, 0.15) is 5.56 Å². The Morgan fingerprint density at radius 2 is 2.07 bits per heavy atom. The summed E-state index contributed by atoms with van der Waals surface area (Å²) < 4.78 is 0. The van der Waals surface area contributed by atoms with Crippen LogP contribution in [-0.4, -0.2) is 28.9 Å². The lowest BCUT2D eigenvalue weighted by Gasteiger charge is -2.14. The largest absolute Gasteiger partial charge is 0.367 e. The number of hydrogen-bond acceptors (Lipinski definition) is 2. The smallest absolute Gasteiger partial charge is 0.259 e. The number of nitrogens with zero attached hydrogens (tertiary/aromatic N) is 1. The molecule has 1 aliphatic heterocycles. The lowest BCUT2D eigenvalue weighted by Crippen LogP contribution is -2.31. The monoisotopic (exact) mass is 190 g/mol. The number of nitrogens with one attached hydrogen (secondary N) is 1. The predicted molar refractivity (Wildman–Crippen MR) is 52.1 cm³/mol. The third-order valence-corrected chi connectivity index (χ3v) is 2.16. The zero-order valence-electron chi connectivity index (χ0n) is 7.56. The molecule has 0 unspecified atom stereocenters. The molecule has 2 heterocycles. The molecule has 1 aromatic heterocycles. The van der Waals surface area contributed by atoms with Gasteiger partial charge in [-0.1, -0.05) is 12.2 Å². The molecule has 4 heteroatoms. The van der Waals surface area contributed by atoms with Crippen LogP contribution in [0.1, 0.15) is 10.4 Å². The molecule has 0 saturated heterocycles. The van der Waals surface area contributed by atoms with Crippen LogP contribution in [0, 0.1) is 0 Å². The van der Waals surface area contributed by atoms with Crippen molar-refractivity contribution >= 4 is 5.91 Å². The van der Waals surface area contributed by atoms with Gasteiger partial charge in [-0.05, 0) is 0 Å². The number of hydrogen-bond donors (Lipinski definition) is 1. The van der Waals surface area contributed by atoms with Crippen LogP contribution in [-0.2, 0) is 0 Å². The molecular formula is C10H10N2O2. The number of carbonyl (C=O) groups excluding carboxylic acids is 1. The van der Waals surface area contributed by atoms with E-state index in [0.29, 0.717) is 13.1 Å². The van der Waals surface area contributed by atoms with Crippen LogP contribution in [0.4, 0.5) is 0 Å². The van der Waals surface area contributed by atoms with Crippen LogP contribution in [0.15, 0.2) is 35.4 Å². The molecule has 14 heavy (non-hydrogen) atoms. The Morgan fingerprint density at radius 1 is 1.36 bits per heavy atom. The Morgan fingerprint density at radius 3 is 2.71 bits per heavy atom. The molecule has 0 spiro atoms. The normalized spacial score (nSPS) is 14.7. The summed E-state index contributed by atoms with van der Waals surface area (Å²) in [5.74, 6) is -0.211. The van der Waals surface area contributed by atoms with E-state index in [1.54, 1.807) is 4.90 Å². The summed E-state index contributed by atoms with van der Waals surface area (Å²) in [5, 5.41) is 0. The molecule has 0 aliphatic carbocycles. The van der Waals surface area contributed by atoms with Crippen molar-refractivity contribution in [3.8, 4) is 0 Å². The van der Waals surface area contributed by atoms with Crippen molar-refractivity contribution in [2.75, 3.05) is 13.1 Å². The molecule has 0 bridgehead atoms. The van der Waals surface area contributed by atoms with Crippen LogP contribution < -0.4 is 5.43 Å². The van der Waals surface area contributed by atoms with Crippen LogP contribution in [0.5, 0.6) is 0 Å². The maximum Gasteiger partial charge on any atom is 0.259 e. The van der Waals surface area contributed by atoms with Gasteiger partial charge in [0.15, 0.2) is 5.43 Å². The molecule has 1 amide bonds. The van der Waals surface area contributed by atoms with Crippen molar-refractivity contribution in [3.63, 3.8) is 0 Å². The van der Waals surface area contributed by atoms with E-state index in [-0.39, 0.29) is 16.9 Å². The fourth-order valence-electron chi connectivity index (χ4n) is 1.40. The first kappa shape index (κ1) is 8.74. The number of pyridine rings is 1. The van der Waals surface area contributed by atoms with Gasteiger partial charge >= 0.3 is 0 Å². The van der Waals surface area contributed by atoms with Crippen molar-refractivity contribution in [1.82, 2.24) is 9.88 Å². The van der Waals surface area contributed by atoms with Crippen molar-refractivity contribution in [2.45, 2.75) is 0 Å². The minimum Gasteiger partial charge on any atom is -0.367 e. The number of aromatic nitrogens is 1. The lowest BCUT2D eigenvalue weighted by molar-refractivity contribution is 0.0798. The van der Waals surface area contributed by atoms with Crippen LogP contribution in [0.2, 0.25) is 0 Å². The van der Waals surface area contributed by atoms with Gasteiger partial charge in [-0.2, -0.15) is 0 Å². The summed E-state index contributed by atoms with van der Waals surface area (Å²) in [6, 6.07) is 1.36. The highest BCUT2D eigenvalue weighted by Crippen LogP contribution is 2.03. The quantitative estimate of drug-likeness (QED) is 0.651. The Balaban J connectivity index is 2.27. The first-order valence-electron chi connectivity index (χ1n) is 4.40. The molecule has 1 N–H and O–H groups in total. The zero-order chi connectivity index (χ0) is 9.97. The van der Waals surface area contributed by atoms with Crippen LogP contribution >= 0.6 is 0 Å². The van der Waals surface area contributed by atoms with Gasteiger partial charge in [-0.3, -0.25) is 9.59 Å². The average molecular weight is 190 g/mol. The Bertz CT molecular complexity index is 426. The second kappa shape index (κ2) is 3.49. The number of rotatable bonds is 1. The number of amides is 1. The highest BCUT2D eigenvalue weighted by atomic mass is 16.2. The molecule has 1 aromatic rings. The van der Waals surface area contributed by atoms with E-state index in [2.05, 4.69) is 4.98 Å². The molecular weight excluding hydrogens is 180 g/mol. The number of carbonyl (C=O) groups is 1. The van der Waals surface area contributed by atoms with Gasteiger partial charge in [-0.25, -0.2) is 0 Å². The highest BCUT2D eigenvalue weighted by molar-refractivity contribution is 5.94. The Kier molecular flexibility index (Phi) is 2.18. The van der Waals surface area contributed by atoms with Gasteiger partial charge in [0, 0.05) is 31.5 Å². The average Bonchev–Trinajstić information content (AvgIpc) is 2.70. The fourth-order valence-corrected chi connectivity index (χ4v) is 1.40. The van der Waals surface area contributed by atoms with E-state index in [1.807, 2.05) is 12.2 Å². The third-order valence-electron chi connectivity index (χ3n) is 2.16. The van der Waals surface area contributed by atoms with E-state index in [0.717, 1.165) is 0 Å². The molecule has 0 saturated carbocycles. The molecule has 72 valence electrons. The van der Waals surface area contributed by atoms with Gasteiger partial charge in [0.25, 0.3) is 5.91 Å². The van der Waals surface area contributed by atoms with Gasteiger partial charge in [0.2, 0.25) is 0 Å². The Labute approximate surface area is 80.9 Å². The molecule has 0 radical (unpaired) electrons. The van der Waals surface area contributed by atoms with Crippen molar-refractivity contribution in [2.24, 2.45) is 0 Å². The van der Waals surface area contributed by atoms with Gasteiger partial charge in [-0.15, -0.1) is 0 Å². The summed E-state index contributed by atoms with van der Waals surface area (Å²) in [5.41, 5.74) is -0.0307. The van der Waals surface area contributed by atoms with Crippen molar-refractivity contribution < 1.29 is 4.79 Å². The lowest BCUT2D eigenvalue weighted by atomic mass is 10.2. The second-order valence-electron chi connectivity index (χ2n) is 3.10. The Hall–Kier alpha value is -1.84. The minimum absolute atomic E-state index is 0.205. The number of H-pyrrole nitrogens is 1. The van der Waals surface area contributed by atoms with Gasteiger partial charge in [0.05, 0.1) is 0 Å². The van der Waals surface area contributed by atoms with Crippen molar-refractivity contribution in [3.05, 3.63) is 46.4 Å². The minimum atomic E-state index is -0.236. The first-order chi connectivity index (χ1) is 6.79. The SMILES string of the molecule is O=C(c1c[nH]ccc1=O)N1CC=CC1. The van der Waals surface area contributed by atoms with Crippen LogP contribution in [0.25, 0.3) is 0 Å². The summed E-state index contributed by atoms with van der Waals surface area (Å²) in [6.45, 7) is 1.18. The maximum atomic E-state index is 11.7. The molecule has 2 rings (SSSR count). The highest BCUT2D eigenvalue weighted by Gasteiger charge is 2.18. The van der Waals surface area contributed by atoms with Gasteiger partial charge < -0.3 is 9.88 Å². The van der Waals surface area contributed by atoms with E-state index in [4.69, 9.17) is 0 Å². The van der Waals surface area contributed by atoms with E-state index < -0.39 is 0 Å². The van der Waals surface area contributed by atoms with E-state index in [9.17, 15) is 9.59 Å². The maximum absolute atomic E-state index is 11.7. The molecule has 1 aliphatic rings. The number of aromatic amines is 1. The fraction of sp³-hybridized carbons (Fsp3) is 0.200. The molecule has 0 atom stereocenters. The van der Waals surface area contributed by atoms with E-state index in [1.165, 1.54) is 18.5 Å². The molecule has 0 aromatic carbocycles. The summed E-state index contributed by atoms with van der Waals surface area (Å²) in [6.07, 6.45) is 6.79. The zero-order valence-corrected chi connectivity index (χ0v) is 7.56. The summed E-state index contributed by atoms with van der Waals surface area (Å²) in [7, 11) is 0. The first-order valence-corrected chi connectivity index (χ1v) is 4.40. The standard InChI is InChI=1S/C10H10N2O2/c13-9-3-4-11-7-8(9)10(14)12-5-1-2-6-12/h1-4,7H,5-6H2,(H,11,13). The third kappa shape index (κ3) is 1.46. The van der Waals surface area contributed by atoms with Crippen molar-refractivity contribution in [1.29, 1.82) is 0 Å². The predicted octanol–water partition coefficient (Wildman–Crippen LogP) is 0.387. The molecule has 0 fully saturated rings. The van der Waals surface area contributed by atoms with Crippen LogP contribution in [0.3, 0.4) is 0 Å². The molecule has 4 nitrogen and oxygen atoms in total.